The van der Waals surface area contributed by atoms with Gasteiger partial charge in [-0.2, -0.15) is 0 Å². The SMILES string of the molecule is CCN(c1ccc(C)cc1)c1cc(C)ncc1C(=O)O. The number of aromatic carboxylic acids is 1. The first-order chi connectivity index (χ1) is 9.52. The molecule has 1 N–H and O–H groups in total. The average Bonchev–Trinajstić information content (AvgIpc) is 2.41. The molecule has 0 atom stereocenters. The van der Waals surface area contributed by atoms with Crippen molar-refractivity contribution >= 4 is 17.3 Å². The summed E-state index contributed by atoms with van der Waals surface area (Å²) < 4.78 is 0. The summed E-state index contributed by atoms with van der Waals surface area (Å²) in [6.07, 6.45) is 1.42. The Morgan fingerprint density at radius 2 is 1.90 bits per heavy atom. The van der Waals surface area contributed by atoms with Crippen molar-refractivity contribution in [3.05, 3.63) is 53.3 Å². The van der Waals surface area contributed by atoms with E-state index in [4.69, 9.17) is 0 Å². The van der Waals surface area contributed by atoms with Crippen LogP contribution in [0.4, 0.5) is 11.4 Å². The molecule has 0 amide bonds. The van der Waals surface area contributed by atoms with Crippen LogP contribution in [0, 0.1) is 13.8 Å². The minimum Gasteiger partial charge on any atom is -0.478 e. The fourth-order valence-electron chi connectivity index (χ4n) is 2.15. The third-order valence-electron chi connectivity index (χ3n) is 3.20. The van der Waals surface area contributed by atoms with Gasteiger partial charge < -0.3 is 10.0 Å². The predicted molar refractivity (Wildman–Crippen MR) is 79.8 cm³/mol. The highest BCUT2D eigenvalue weighted by Gasteiger charge is 2.17. The van der Waals surface area contributed by atoms with Gasteiger partial charge in [0.25, 0.3) is 0 Å². The second kappa shape index (κ2) is 5.74. The lowest BCUT2D eigenvalue weighted by Crippen LogP contribution is -2.19. The van der Waals surface area contributed by atoms with Crippen LogP contribution in [0.2, 0.25) is 0 Å². The number of hydrogen-bond acceptors (Lipinski definition) is 3. The molecule has 2 aromatic rings. The molecule has 0 aliphatic heterocycles. The van der Waals surface area contributed by atoms with Gasteiger partial charge in [0.05, 0.1) is 5.69 Å². The number of carboxylic acid groups (broad SMARTS) is 1. The molecule has 0 saturated carbocycles. The van der Waals surface area contributed by atoms with E-state index in [0.29, 0.717) is 12.2 Å². The number of carbonyl (C=O) groups is 1. The van der Waals surface area contributed by atoms with Gasteiger partial charge in [-0.3, -0.25) is 4.98 Å². The zero-order valence-corrected chi connectivity index (χ0v) is 11.9. The van der Waals surface area contributed by atoms with Crippen LogP contribution in [-0.4, -0.2) is 22.6 Å². The Balaban J connectivity index is 2.53. The first kappa shape index (κ1) is 14.1. The molecule has 2 rings (SSSR count). The molecule has 0 radical (unpaired) electrons. The standard InChI is InChI=1S/C16H18N2O2/c1-4-18(13-7-5-11(2)6-8-13)15-9-12(3)17-10-14(15)16(19)20/h5-10H,4H2,1-3H3,(H,19,20). The molecule has 104 valence electrons. The Morgan fingerprint density at radius 3 is 2.45 bits per heavy atom. The Morgan fingerprint density at radius 1 is 1.25 bits per heavy atom. The van der Waals surface area contributed by atoms with Crippen molar-refractivity contribution in [1.82, 2.24) is 4.98 Å². The highest BCUT2D eigenvalue weighted by molar-refractivity contribution is 5.95. The van der Waals surface area contributed by atoms with Crippen LogP contribution in [0.15, 0.2) is 36.5 Å². The first-order valence-corrected chi connectivity index (χ1v) is 6.57. The van der Waals surface area contributed by atoms with E-state index in [2.05, 4.69) is 4.98 Å². The van der Waals surface area contributed by atoms with Crippen molar-refractivity contribution in [2.24, 2.45) is 0 Å². The molecule has 4 nitrogen and oxygen atoms in total. The van der Waals surface area contributed by atoms with Gasteiger partial charge in [0.15, 0.2) is 0 Å². The quantitative estimate of drug-likeness (QED) is 0.923. The highest BCUT2D eigenvalue weighted by atomic mass is 16.4. The van der Waals surface area contributed by atoms with Crippen molar-refractivity contribution in [1.29, 1.82) is 0 Å². The zero-order valence-electron chi connectivity index (χ0n) is 11.9. The molecule has 0 aliphatic rings. The average molecular weight is 270 g/mol. The summed E-state index contributed by atoms with van der Waals surface area (Å²) in [5.74, 6) is -0.960. The van der Waals surface area contributed by atoms with E-state index in [9.17, 15) is 9.90 Å². The smallest absolute Gasteiger partial charge is 0.339 e. The summed E-state index contributed by atoms with van der Waals surface area (Å²) in [6, 6.07) is 9.85. The van der Waals surface area contributed by atoms with Crippen LogP contribution in [0.3, 0.4) is 0 Å². The minimum atomic E-state index is -0.960. The van der Waals surface area contributed by atoms with E-state index in [-0.39, 0.29) is 5.56 Å². The van der Waals surface area contributed by atoms with Crippen LogP contribution in [0.1, 0.15) is 28.5 Å². The largest absolute Gasteiger partial charge is 0.478 e. The van der Waals surface area contributed by atoms with Crippen LogP contribution >= 0.6 is 0 Å². The lowest BCUT2D eigenvalue weighted by molar-refractivity contribution is 0.0697. The third kappa shape index (κ3) is 2.79. The van der Waals surface area contributed by atoms with E-state index < -0.39 is 5.97 Å². The van der Waals surface area contributed by atoms with E-state index in [1.165, 1.54) is 11.8 Å². The van der Waals surface area contributed by atoms with Gasteiger partial charge >= 0.3 is 5.97 Å². The molecular formula is C16H18N2O2. The van der Waals surface area contributed by atoms with Gasteiger partial charge in [0.1, 0.15) is 5.56 Å². The number of carboxylic acids is 1. The number of aryl methyl sites for hydroxylation is 2. The molecule has 0 fully saturated rings. The molecule has 1 heterocycles. The maximum absolute atomic E-state index is 11.4. The summed E-state index contributed by atoms with van der Waals surface area (Å²) in [6.45, 7) is 6.57. The number of pyridine rings is 1. The number of rotatable bonds is 4. The topological polar surface area (TPSA) is 53.4 Å². The second-order valence-electron chi connectivity index (χ2n) is 4.73. The van der Waals surface area contributed by atoms with E-state index in [1.54, 1.807) is 0 Å². The summed E-state index contributed by atoms with van der Waals surface area (Å²) in [7, 11) is 0. The summed E-state index contributed by atoms with van der Waals surface area (Å²) in [4.78, 5) is 17.4. The summed E-state index contributed by atoms with van der Waals surface area (Å²) in [5.41, 5.74) is 3.85. The van der Waals surface area contributed by atoms with Crippen LogP contribution in [0.5, 0.6) is 0 Å². The maximum atomic E-state index is 11.4. The highest BCUT2D eigenvalue weighted by Crippen LogP contribution is 2.29. The molecule has 1 aromatic heterocycles. The molecule has 4 heteroatoms. The van der Waals surface area contributed by atoms with Crippen molar-refractivity contribution in [2.45, 2.75) is 20.8 Å². The molecule has 1 aromatic carbocycles. The second-order valence-corrected chi connectivity index (χ2v) is 4.73. The van der Waals surface area contributed by atoms with Crippen LogP contribution in [-0.2, 0) is 0 Å². The third-order valence-corrected chi connectivity index (χ3v) is 3.20. The Bertz CT molecular complexity index is 621. The van der Waals surface area contributed by atoms with Crippen LogP contribution < -0.4 is 4.90 Å². The lowest BCUT2D eigenvalue weighted by Gasteiger charge is -2.25. The van der Waals surface area contributed by atoms with Gasteiger partial charge in [-0.25, -0.2) is 4.79 Å². The normalized spacial score (nSPS) is 10.3. The number of aromatic nitrogens is 1. The monoisotopic (exact) mass is 270 g/mol. The number of anilines is 2. The van der Waals surface area contributed by atoms with Gasteiger partial charge in [-0.05, 0) is 39.0 Å². The van der Waals surface area contributed by atoms with Gasteiger partial charge in [-0.15, -0.1) is 0 Å². The fraction of sp³-hybridized carbons (Fsp3) is 0.250. The summed E-state index contributed by atoms with van der Waals surface area (Å²) >= 11 is 0. The predicted octanol–water partition coefficient (Wildman–Crippen LogP) is 3.55. The number of benzene rings is 1. The molecular weight excluding hydrogens is 252 g/mol. The molecule has 0 spiro atoms. The minimum absolute atomic E-state index is 0.220. The van der Waals surface area contributed by atoms with E-state index in [0.717, 1.165) is 11.4 Å². The van der Waals surface area contributed by atoms with Crippen molar-refractivity contribution in [3.8, 4) is 0 Å². The van der Waals surface area contributed by atoms with Gasteiger partial charge in [0.2, 0.25) is 0 Å². The Labute approximate surface area is 118 Å². The number of nitrogens with zero attached hydrogens (tertiary/aromatic N) is 2. The lowest BCUT2D eigenvalue weighted by atomic mass is 10.1. The first-order valence-electron chi connectivity index (χ1n) is 6.57. The Hall–Kier alpha value is -2.36. The molecule has 0 aliphatic carbocycles. The van der Waals surface area contributed by atoms with Crippen molar-refractivity contribution in [3.63, 3.8) is 0 Å². The van der Waals surface area contributed by atoms with E-state index >= 15 is 0 Å². The number of hydrogen-bond donors (Lipinski definition) is 1. The van der Waals surface area contributed by atoms with Crippen molar-refractivity contribution < 1.29 is 9.90 Å². The molecule has 0 saturated heterocycles. The van der Waals surface area contributed by atoms with Crippen LogP contribution in [0.25, 0.3) is 0 Å². The molecule has 0 unspecified atom stereocenters. The van der Waals surface area contributed by atoms with Gasteiger partial charge in [0, 0.05) is 24.1 Å². The zero-order chi connectivity index (χ0) is 14.7. The van der Waals surface area contributed by atoms with Gasteiger partial charge in [-0.1, -0.05) is 17.7 Å². The Kier molecular flexibility index (Phi) is 4.03. The molecule has 0 bridgehead atoms. The maximum Gasteiger partial charge on any atom is 0.339 e. The summed E-state index contributed by atoms with van der Waals surface area (Å²) in [5, 5.41) is 9.33. The van der Waals surface area contributed by atoms with E-state index in [1.807, 2.05) is 56.0 Å². The van der Waals surface area contributed by atoms with Crippen molar-refractivity contribution in [2.75, 3.05) is 11.4 Å². The fourth-order valence-corrected chi connectivity index (χ4v) is 2.15. The molecule has 20 heavy (non-hydrogen) atoms.